The lowest BCUT2D eigenvalue weighted by molar-refractivity contribution is -0.141. The first-order valence-electron chi connectivity index (χ1n) is 5.32. The highest BCUT2D eigenvalue weighted by atomic mass is 16.4. The molecule has 0 saturated heterocycles. The molecule has 3 heteroatoms. The van der Waals surface area contributed by atoms with Crippen molar-refractivity contribution < 1.29 is 14.7 Å². The van der Waals surface area contributed by atoms with Crippen LogP contribution in [0.1, 0.15) is 52.4 Å². The highest BCUT2D eigenvalue weighted by Gasteiger charge is 2.12. The Morgan fingerprint density at radius 3 is 2.36 bits per heavy atom. The molecule has 0 radical (unpaired) electrons. The fourth-order valence-corrected chi connectivity index (χ4v) is 1.20. The van der Waals surface area contributed by atoms with Crippen LogP contribution in [0, 0.1) is 5.92 Å². The zero-order chi connectivity index (χ0) is 11.0. The van der Waals surface area contributed by atoms with E-state index in [-0.39, 0.29) is 5.78 Å². The van der Waals surface area contributed by atoms with Crippen LogP contribution in [0.2, 0.25) is 0 Å². The van der Waals surface area contributed by atoms with E-state index in [1.165, 1.54) is 0 Å². The predicted molar refractivity (Wildman–Crippen MR) is 55.2 cm³/mol. The molecule has 0 saturated carbocycles. The van der Waals surface area contributed by atoms with E-state index in [1.54, 1.807) is 6.92 Å². The summed E-state index contributed by atoms with van der Waals surface area (Å²) in [6.07, 6.45) is 4.63. The summed E-state index contributed by atoms with van der Waals surface area (Å²) in [6.45, 7) is 3.73. The third kappa shape index (κ3) is 6.63. The quantitative estimate of drug-likeness (QED) is 0.613. The van der Waals surface area contributed by atoms with Crippen LogP contribution in [0.5, 0.6) is 0 Å². The van der Waals surface area contributed by atoms with E-state index in [2.05, 4.69) is 6.92 Å². The summed E-state index contributed by atoms with van der Waals surface area (Å²) in [4.78, 5) is 21.7. The molecule has 0 aliphatic rings. The molecule has 0 amide bonds. The summed E-state index contributed by atoms with van der Waals surface area (Å²) < 4.78 is 0. The Labute approximate surface area is 85.5 Å². The molecule has 82 valence electrons. The van der Waals surface area contributed by atoms with E-state index in [1.807, 2.05) is 0 Å². The van der Waals surface area contributed by atoms with Crippen LogP contribution in [0.3, 0.4) is 0 Å². The minimum atomic E-state index is -0.814. The number of rotatable bonds is 8. The minimum absolute atomic E-state index is 0.201. The number of carboxylic acids is 1. The Kier molecular flexibility index (Phi) is 7.07. The molecule has 0 bridgehead atoms. The van der Waals surface area contributed by atoms with Crippen molar-refractivity contribution in [1.29, 1.82) is 0 Å². The predicted octanol–water partition coefficient (Wildman–Crippen LogP) is 2.64. The van der Waals surface area contributed by atoms with Gasteiger partial charge in [0.25, 0.3) is 0 Å². The number of ketones is 1. The largest absolute Gasteiger partial charge is 0.481 e. The van der Waals surface area contributed by atoms with Gasteiger partial charge in [0.15, 0.2) is 0 Å². The fraction of sp³-hybridized carbons (Fsp3) is 0.818. The second-order valence-corrected chi connectivity index (χ2v) is 3.77. The minimum Gasteiger partial charge on any atom is -0.481 e. The molecular formula is C11H20O3. The Hall–Kier alpha value is -0.860. The second-order valence-electron chi connectivity index (χ2n) is 3.77. The van der Waals surface area contributed by atoms with Gasteiger partial charge in [-0.15, -0.1) is 0 Å². The lowest BCUT2D eigenvalue weighted by atomic mass is 10.0. The molecule has 0 heterocycles. The average Bonchev–Trinajstić information content (AvgIpc) is 2.14. The summed E-state index contributed by atoms with van der Waals surface area (Å²) in [5.74, 6) is -1.01. The summed E-state index contributed by atoms with van der Waals surface area (Å²) in [5, 5.41) is 8.60. The van der Waals surface area contributed by atoms with Crippen LogP contribution in [-0.2, 0) is 9.59 Å². The molecule has 0 aliphatic carbocycles. The summed E-state index contributed by atoms with van der Waals surface area (Å²) in [5.41, 5.74) is 0. The number of aliphatic carboxylic acids is 1. The van der Waals surface area contributed by atoms with Crippen LogP contribution < -0.4 is 0 Å². The molecule has 0 fully saturated rings. The smallest absolute Gasteiger partial charge is 0.306 e. The maximum absolute atomic E-state index is 11.3. The van der Waals surface area contributed by atoms with Crippen molar-refractivity contribution in [2.24, 2.45) is 5.92 Å². The first-order valence-corrected chi connectivity index (χ1v) is 5.32. The number of carboxylic acid groups (broad SMARTS) is 1. The fourth-order valence-electron chi connectivity index (χ4n) is 1.20. The normalized spacial score (nSPS) is 12.4. The Morgan fingerprint density at radius 1 is 1.21 bits per heavy atom. The van der Waals surface area contributed by atoms with Gasteiger partial charge in [-0.25, -0.2) is 0 Å². The van der Waals surface area contributed by atoms with E-state index in [4.69, 9.17) is 5.11 Å². The first kappa shape index (κ1) is 13.1. The topological polar surface area (TPSA) is 54.4 Å². The highest BCUT2D eigenvalue weighted by molar-refractivity contribution is 5.79. The van der Waals surface area contributed by atoms with E-state index in [0.717, 1.165) is 19.3 Å². The van der Waals surface area contributed by atoms with Crippen molar-refractivity contribution in [2.75, 3.05) is 0 Å². The summed E-state index contributed by atoms with van der Waals surface area (Å²) in [7, 11) is 0. The summed E-state index contributed by atoms with van der Waals surface area (Å²) >= 11 is 0. The van der Waals surface area contributed by atoms with Crippen molar-refractivity contribution in [3.05, 3.63) is 0 Å². The zero-order valence-corrected chi connectivity index (χ0v) is 9.08. The summed E-state index contributed by atoms with van der Waals surface area (Å²) in [6, 6.07) is 0. The molecular weight excluding hydrogens is 180 g/mol. The van der Waals surface area contributed by atoms with Gasteiger partial charge in [-0.05, 0) is 12.8 Å². The second kappa shape index (κ2) is 7.54. The highest BCUT2D eigenvalue weighted by Crippen LogP contribution is 2.09. The van der Waals surface area contributed by atoms with Crippen LogP contribution in [0.15, 0.2) is 0 Å². The van der Waals surface area contributed by atoms with Gasteiger partial charge in [0.2, 0.25) is 0 Å². The standard InChI is InChI=1S/C11H20O3/c1-3-4-5-6-10(12)8-7-9(2)11(13)14/h9H,3-8H2,1-2H3,(H,13,14). The molecule has 0 rings (SSSR count). The molecule has 14 heavy (non-hydrogen) atoms. The molecule has 1 atom stereocenters. The zero-order valence-electron chi connectivity index (χ0n) is 9.08. The number of hydrogen-bond donors (Lipinski definition) is 1. The number of carbonyl (C=O) groups is 2. The number of hydrogen-bond acceptors (Lipinski definition) is 2. The van der Waals surface area contributed by atoms with E-state index < -0.39 is 11.9 Å². The molecule has 0 spiro atoms. The third-order valence-electron chi connectivity index (χ3n) is 2.34. The van der Waals surface area contributed by atoms with E-state index in [0.29, 0.717) is 19.3 Å². The van der Waals surface area contributed by atoms with Gasteiger partial charge in [-0.2, -0.15) is 0 Å². The number of Topliss-reactive ketones (excluding diaryl/α,β-unsaturated/α-hetero) is 1. The Morgan fingerprint density at radius 2 is 1.86 bits per heavy atom. The lowest BCUT2D eigenvalue weighted by Gasteiger charge is -2.04. The van der Waals surface area contributed by atoms with Crippen molar-refractivity contribution in [2.45, 2.75) is 52.4 Å². The van der Waals surface area contributed by atoms with Gasteiger partial charge in [0.1, 0.15) is 5.78 Å². The van der Waals surface area contributed by atoms with Crippen molar-refractivity contribution in [3.63, 3.8) is 0 Å². The van der Waals surface area contributed by atoms with Crippen molar-refractivity contribution >= 4 is 11.8 Å². The van der Waals surface area contributed by atoms with Gasteiger partial charge in [0, 0.05) is 12.8 Å². The monoisotopic (exact) mass is 200 g/mol. The maximum Gasteiger partial charge on any atom is 0.306 e. The number of carbonyl (C=O) groups excluding carboxylic acids is 1. The molecule has 0 aliphatic heterocycles. The molecule has 0 aromatic heterocycles. The van der Waals surface area contributed by atoms with Crippen LogP contribution in [-0.4, -0.2) is 16.9 Å². The van der Waals surface area contributed by atoms with Crippen LogP contribution in [0.4, 0.5) is 0 Å². The first-order chi connectivity index (χ1) is 6.57. The van der Waals surface area contributed by atoms with Gasteiger partial charge < -0.3 is 5.11 Å². The van der Waals surface area contributed by atoms with E-state index in [9.17, 15) is 9.59 Å². The SMILES string of the molecule is CCCCCC(=O)CCC(C)C(=O)O. The van der Waals surface area contributed by atoms with Crippen LogP contribution in [0.25, 0.3) is 0 Å². The van der Waals surface area contributed by atoms with Crippen molar-refractivity contribution in [1.82, 2.24) is 0 Å². The Balaban J connectivity index is 3.48. The average molecular weight is 200 g/mol. The Bertz CT molecular complexity index is 187. The van der Waals surface area contributed by atoms with Gasteiger partial charge in [0.05, 0.1) is 5.92 Å². The van der Waals surface area contributed by atoms with Crippen LogP contribution >= 0.6 is 0 Å². The maximum atomic E-state index is 11.3. The van der Waals surface area contributed by atoms with Gasteiger partial charge in [-0.1, -0.05) is 26.7 Å². The molecule has 1 unspecified atom stereocenters. The lowest BCUT2D eigenvalue weighted by Crippen LogP contribution is -2.11. The molecule has 0 aromatic rings. The molecule has 0 aromatic carbocycles. The van der Waals surface area contributed by atoms with Crippen molar-refractivity contribution in [3.8, 4) is 0 Å². The van der Waals surface area contributed by atoms with E-state index >= 15 is 0 Å². The molecule has 3 nitrogen and oxygen atoms in total. The molecule has 1 N–H and O–H groups in total. The third-order valence-corrected chi connectivity index (χ3v) is 2.34. The van der Waals surface area contributed by atoms with Gasteiger partial charge in [-0.3, -0.25) is 9.59 Å². The number of unbranched alkanes of at least 4 members (excludes halogenated alkanes) is 2. The van der Waals surface area contributed by atoms with Gasteiger partial charge >= 0.3 is 5.97 Å².